The fourth-order valence-corrected chi connectivity index (χ4v) is 2.38. The quantitative estimate of drug-likeness (QED) is 0.429. The smallest absolute Gasteiger partial charge is 0.330 e. The summed E-state index contributed by atoms with van der Waals surface area (Å²) in [4.78, 5) is 12.7. The minimum atomic E-state index is -4.05. The molecule has 1 N–H and O–H groups in total. The van der Waals surface area contributed by atoms with Gasteiger partial charge in [0.05, 0.1) is 4.90 Å². The average Bonchev–Trinajstić information content (AvgIpc) is 2.58. The summed E-state index contributed by atoms with van der Waals surface area (Å²) in [7, 11) is -4.05. The lowest BCUT2D eigenvalue weighted by molar-refractivity contribution is -0.138. The maximum Gasteiger partial charge on any atom is 0.330 e. The van der Waals surface area contributed by atoms with Crippen LogP contribution in [0.1, 0.15) is 39.2 Å². The number of carbonyl (C=O) groups excluding carboxylic acids is 1. The van der Waals surface area contributed by atoms with Crippen LogP contribution in [0.25, 0.3) is 0 Å². The molecular formula is C18H29NO5S. The van der Waals surface area contributed by atoms with E-state index in [1.807, 2.05) is 13.8 Å². The highest BCUT2D eigenvalue weighted by atomic mass is 32.2. The van der Waals surface area contributed by atoms with Crippen LogP contribution in [0, 0.1) is 0 Å². The van der Waals surface area contributed by atoms with Crippen molar-refractivity contribution < 1.29 is 22.5 Å². The summed E-state index contributed by atoms with van der Waals surface area (Å²) in [5.41, 5.74) is 1.05. The van der Waals surface area contributed by atoms with Crippen LogP contribution in [0.15, 0.2) is 41.8 Å². The van der Waals surface area contributed by atoms with Crippen LogP contribution in [-0.4, -0.2) is 50.1 Å². The third kappa shape index (κ3) is 10.0. The Bertz CT molecular complexity index is 619. The van der Waals surface area contributed by atoms with Crippen molar-refractivity contribution in [1.82, 2.24) is 4.90 Å². The summed E-state index contributed by atoms with van der Waals surface area (Å²) in [5.74, 6) is 0.0117. The van der Waals surface area contributed by atoms with Crippen molar-refractivity contribution >= 4 is 16.1 Å². The Hall–Kier alpha value is -1.70. The second kappa shape index (κ2) is 11.8. The number of ether oxygens (including phenoxy) is 1. The standard InChI is InChI=1S/C9H17NO2.C9H12O3S/c1-4-9(11)12-8-7-10(5-2)6-3;1-7(2)8-3-5-9(6-4-8)13(10,11)12/h4H,1,5-8H2,2-3H3;3-7H,1-2H3,(H,10,11,12). The Morgan fingerprint density at radius 2 is 1.76 bits per heavy atom. The van der Waals surface area contributed by atoms with E-state index >= 15 is 0 Å². The summed E-state index contributed by atoms with van der Waals surface area (Å²) in [6, 6.07) is 6.22. The lowest BCUT2D eigenvalue weighted by Crippen LogP contribution is -2.27. The number of esters is 1. The summed E-state index contributed by atoms with van der Waals surface area (Å²) >= 11 is 0. The average molecular weight is 371 g/mol. The van der Waals surface area contributed by atoms with E-state index < -0.39 is 10.1 Å². The number of hydrogen-bond acceptors (Lipinski definition) is 5. The molecule has 1 aromatic carbocycles. The van der Waals surface area contributed by atoms with E-state index in [0.717, 1.165) is 25.2 Å². The van der Waals surface area contributed by atoms with Gasteiger partial charge in [0, 0.05) is 12.6 Å². The third-order valence-electron chi connectivity index (χ3n) is 3.56. The number of rotatable bonds is 8. The van der Waals surface area contributed by atoms with Crippen molar-refractivity contribution in [3.05, 3.63) is 42.5 Å². The Morgan fingerprint density at radius 3 is 2.12 bits per heavy atom. The van der Waals surface area contributed by atoms with Gasteiger partial charge in [-0.15, -0.1) is 0 Å². The van der Waals surface area contributed by atoms with Gasteiger partial charge in [0.1, 0.15) is 6.61 Å². The Morgan fingerprint density at radius 1 is 1.24 bits per heavy atom. The predicted octanol–water partition coefficient (Wildman–Crippen LogP) is 3.11. The first-order valence-corrected chi connectivity index (χ1v) is 9.68. The molecule has 0 aliphatic heterocycles. The monoisotopic (exact) mass is 371 g/mol. The van der Waals surface area contributed by atoms with Gasteiger partial charge in [-0.1, -0.05) is 46.4 Å². The molecule has 0 spiro atoms. The minimum absolute atomic E-state index is 0.0584. The van der Waals surface area contributed by atoms with E-state index in [2.05, 4.69) is 25.3 Å². The second-order valence-electron chi connectivity index (χ2n) is 5.60. The highest BCUT2D eigenvalue weighted by Crippen LogP contribution is 2.16. The predicted molar refractivity (Wildman–Crippen MR) is 99.3 cm³/mol. The number of nitrogens with zero attached hydrogens (tertiary/aromatic N) is 1. The fraction of sp³-hybridized carbons (Fsp3) is 0.500. The molecule has 0 amide bonds. The molecule has 0 aliphatic carbocycles. The van der Waals surface area contributed by atoms with E-state index in [1.165, 1.54) is 18.2 Å². The Kier molecular flexibility index (Phi) is 11.0. The highest BCUT2D eigenvalue weighted by molar-refractivity contribution is 7.85. The molecule has 0 atom stereocenters. The van der Waals surface area contributed by atoms with Gasteiger partial charge in [-0.05, 0) is 36.7 Å². The summed E-state index contributed by atoms with van der Waals surface area (Å²) < 4.78 is 34.9. The molecule has 0 aliphatic rings. The first-order valence-electron chi connectivity index (χ1n) is 8.24. The molecule has 0 saturated carbocycles. The van der Waals surface area contributed by atoms with Gasteiger partial charge in [-0.3, -0.25) is 4.55 Å². The van der Waals surface area contributed by atoms with Crippen LogP contribution in [0.4, 0.5) is 0 Å². The van der Waals surface area contributed by atoms with Crippen LogP contribution in [0.2, 0.25) is 0 Å². The van der Waals surface area contributed by atoms with Crippen molar-refractivity contribution in [2.45, 2.75) is 38.5 Å². The van der Waals surface area contributed by atoms with E-state index in [-0.39, 0.29) is 10.9 Å². The third-order valence-corrected chi connectivity index (χ3v) is 4.43. The minimum Gasteiger partial charge on any atom is -0.461 e. The summed E-state index contributed by atoms with van der Waals surface area (Å²) in [6.45, 7) is 14.7. The van der Waals surface area contributed by atoms with Crippen molar-refractivity contribution in [3.8, 4) is 0 Å². The van der Waals surface area contributed by atoms with Crippen molar-refractivity contribution in [2.24, 2.45) is 0 Å². The molecule has 0 saturated heterocycles. The molecule has 0 heterocycles. The van der Waals surface area contributed by atoms with Gasteiger partial charge in [-0.25, -0.2) is 4.79 Å². The zero-order valence-electron chi connectivity index (χ0n) is 15.4. The first-order chi connectivity index (χ1) is 11.6. The lowest BCUT2D eigenvalue weighted by Gasteiger charge is -2.16. The number of hydrogen-bond donors (Lipinski definition) is 1. The molecule has 25 heavy (non-hydrogen) atoms. The molecule has 0 aromatic heterocycles. The van der Waals surface area contributed by atoms with Gasteiger partial charge < -0.3 is 9.64 Å². The number of benzene rings is 1. The Balaban J connectivity index is 0.000000463. The number of likely N-dealkylation sites (N-methyl/N-ethyl adjacent to an activating group) is 1. The van der Waals surface area contributed by atoms with Crippen LogP contribution in [0.5, 0.6) is 0 Å². The van der Waals surface area contributed by atoms with Gasteiger partial charge in [0.15, 0.2) is 0 Å². The van der Waals surface area contributed by atoms with Crippen LogP contribution < -0.4 is 0 Å². The van der Waals surface area contributed by atoms with Crippen molar-refractivity contribution in [3.63, 3.8) is 0 Å². The maximum absolute atomic E-state index is 10.7. The van der Waals surface area contributed by atoms with Gasteiger partial charge in [0.25, 0.3) is 10.1 Å². The normalized spacial score (nSPS) is 11.0. The molecule has 0 unspecified atom stereocenters. The van der Waals surface area contributed by atoms with E-state index in [4.69, 9.17) is 9.29 Å². The first kappa shape index (κ1) is 23.3. The van der Waals surface area contributed by atoms with E-state index in [1.54, 1.807) is 12.1 Å². The van der Waals surface area contributed by atoms with Gasteiger partial charge in [-0.2, -0.15) is 8.42 Å². The topological polar surface area (TPSA) is 83.9 Å². The largest absolute Gasteiger partial charge is 0.461 e. The van der Waals surface area contributed by atoms with Gasteiger partial charge in [0.2, 0.25) is 0 Å². The molecule has 7 heteroatoms. The van der Waals surface area contributed by atoms with Crippen LogP contribution in [0.3, 0.4) is 0 Å². The number of carbonyl (C=O) groups is 1. The molecule has 0 radical (unpaired) electrons. The Labute approximate surface area is 151 Å². The van der Waals surface area contributed by atoms with Crippen molar-refractivity contribution in [2.75, 3.05) is 26.2 Å². The molecular weight excluding hydrogens is 342 g/mol. The SMILES string of the molecule is C=CC(=O)OCCN(CC)CC.CC(C)c1ccc(S(=O)(=O)O)cc1. The highest BCUT2D eigenvalue weighted by Gasteiger charge is 2.08. The molecule has 0 fully saturated rings. The van der Waals surface area contributed by atoms with E-state index in [9.17, 15) is 13.2 Å². The zero-order chi connectivity index (χ0) is 19.5. The maximum atomic E-state index is 10.7. The molecule has 6 nitrogen and oxygen atoms in total. The molecule has 142 valence electrons. The zero-order valence-corrected chi connectivity index (χ0v) is 16.3. The summed E-state index contributed by atoms with van der Waals surface area (Å²) in [5, 5.41) is 0. The fourth-order valence-electron chi connectivity index (χ4n) is 1.90. The lowest BCUT2D eigenvalue weighted by atomic mass is 10.0. The molecule has 1 rings (SSSR count). The van der Waals surface area contributed by atoms with E-state index in [0.29, 0.717) is 12.5 Å². The molecule has 1 aromatic rings. The van der Waals surface area contributed by atoms with Gasteiger partial charge >= 0.3 is 5.97 Å². The van der Waals surface area contributed by atoms with Crippen LogP contribution in [-0.2, 0) is 19.6 Å². The van der Waals surface area contributed by atoms with Crippen LogP contribution >= 0.6 is 0 Å². The second-order valence-corrected chi connectivity index (χ2v) is 7.02. The van der Waals surface area contributed by atoms with Crippen molar-refractivity contribution in [1.29, 1.82) is 0 Å². The molecule has 0 bridgehead atoms. The summed E-state index contributed by atoms with van der Waals surface area (Å²) in [6.07, 6.45) is 1.18.